The molecule has 0 saturated heterocycles. The van der Waals surface area contributed by atoms with Gasteiger partial charge < -0.3 is 9.63 Å². The summed E-state index contributed by atoms with van der Waals surface area (Å²) in [5.41, 5.74) is 1.41. The Kier molecular flexibility index (Phi) is 3.02. The number of hydrogen-bond donors (Lipinski definition) is 0. The van der Waals surface area contributed by atoms with Gasteiger partial charge in [0, 0.05) is 0 Å². The van der Waals surface area contributed by atoms with E-state index < -0.39 is 8.07 Å². The maximum Gasteiger partial charge on any atom is 0.263 e. The number of hydrogen-bond acceptors (Lipinski definition) is 3. The van der Waals surface area contributed by atoms with E-state index in [1.807, 2.05) is 30.3 Å². The van der Waals surface area contributed by atoms with Crippen LogP contribution in [0.5, 0.6) is 5.95 Å². The molecule has 0 amide bonds. The number of nitrogens with zero attached hydrogens (tertiary/aromatic N) is 2. The molecule has 0 aliphatic heterocycles. The molecule has 0 aliphatic rings. The Labute approximate surface area is 101 Å². The van der Waals surface area contributed by atoms with Crippen LogP contribution in [0.3, 0.4) is 0 Å². The van der Waals surface area contributed by atoms with Crippen molar-refractivity contribution in [1.82, 2.24) is 5.27 Å². The standard InChI is InChI=1S/C12H16N2O2Si/c1-17(2,3)9-14-11(12(15)16-13-14)10-7-5-4-6-8-10/h4-8H,9H2,1-3H3. The molecule has 1 aromatic heterocycles. The third kappa shape index (κ3) is 2.74. The highest BCUT2D eigenvalue weighted by Crippen LogP contribution is 2.22. The van der Waals surface area contributed by atoms with Gasteiger partial charge in [-0.25, -0.2) is 0 Å². The molecule has 90 valence electrons. The quantitative estimate of drug-likeness (QED) is 0.612. The van der Waals surface area contributed by atoms with Gasteiger partial charge in [-0.1, -0.05) is 42.5 Å². The van der Waals surface area contributed by atoms with E-state index in [1.165, 1.54) is 0 Å². The van der Waals surface area contributed by atoms with Crippen molar-refractivity contribution in [3.8, 4) is 17.2 Å². The highest BCUT2D eigenvalue weighted by molar-refractivity contribution is 6.74. The van der Waals surface area contributed by atoms with Crippen LogP contribution in [-0.4, -0.2) is 13.3 Å². The second-order valence-electron chi connectivity index (χ2n) is 5.29. The molecule has 4 nitrogen and oxygen atoms in total. The summed E-state index contributed by atoms with van der Waals surface area (Å²) in [6.07, 6.45) is 0.781. The molecule has 0 saturated carbocycles. The fourth-order valence-corrected chi connectivity index (χ4v) is 2.81. The zero-order chi connectivity index (χ0) is 12.5. The summed E-state index contributed by atoms with van der Waals surface area (Å²) in [6.45, 7) is 6.69. The predicted molar refractivity (Wildman–Crippen MR) is 64.9 cm³/mol. The Hall–Kier alpha value is -1.62. The first-order valence-electron chi connectivity index (χ1n) is 5.59. The monoisotopic (exact) mass is 248 g/mol. The van der Waals surface area contributed by atoms with Crippen LogP contribution in [-0.2, 0) is 6.17 Å². The number of benzene rings is 1. The van der Waals surface area contributed by atoms with Crippen LogP contribution in [0.1, 0.15) is 0 Å². The average molecular weight is 248 g/mol. The van der Waals surface area contributed by atoms with E-state index in [-0.39, 0.29) is 5.95 Å². The zero-order valence-electron chi connectivity index (χ0n) is 10.3. The highest BCUT2D eigenvalue weighted by atomic mass is 28.3. The smallest absolute Gasteiger partial charge is 0.263 e. The summed E-state index contributed by atoms with van der Waals surface area (Å²) in [6, 6.07) is 9.52. The molecule has 17 heavy (non-hydrogen) atoms. The first-order valence-corrected chi connectivity index (χ1v) is 9.30. The van der Waals surface area contributed by atoms with Crippen LogP contribution >= 0.6 is 0 Å². The third-order valence-corrected chi connectivity index (χ3v) is 3.59. The molecule has 0 fully saturated rings. The average Bonchev–Trinajstić information content (AvgIpc) is 2.58. The number of rotatable bonds is 3. The van der Waals surface area contributed by atoms with Crippen LogP contribution in [0, 0.1) is 0 Å². The Bertz CT molecular complexity index is 503. The molecule has 2 rings (SSSR count). The lowest BCUT2D eigenvalue weighted by molar-refractivity contribution is -0.738. The molecule has 0 N–H and O–H groups in total. The molecule has 0 atom stereocenters. The maximum absolute atomic E-state index is 11.7. The fraction of sp³-hybridized carbons (Fsp3) is 0.333. The van der Waals surface area contributed by atoms with Gasteiger partial charge in [0.15, 0.2) is 12.1 Å². The number of aromatic nitrogens is 2. The summed E-state index contributed by atoms with van der Waals surface area (Å²) in [4.78, 5) is 0. The molecule has 5 heteroatoms. The molecule has 0 spiro atoms. The normalized spacial score (nSPS) is 11.7. The molecule has 1 heterocycles. The maximum atomic E-state index is 11.7. The molecule has 0 bridgehead atoms. The van der Waals surface area contributed by atoms with Gasteiger partial charge in [0.05, 0.1) is 10.8 Å². The molecule has 2 aromatic rings. The summed E-state index contributed by atoms with van der Waals surface area (Å²) in [5.74, 6) is -0.366. The molecular weight excluding hydrogens is 232 g/mol. The minimum atomic E-state index is -1.35. The van der Waals surface area contributed by atoms with Gasteiger partial charge in [0.25, 0.3) is 5.69 Å². The Morgan fingerprint density at radius 3 is 2.47 bits per heavy atom. The second kappa shape index (κ2) is 4.33. The molecule has 0 unspecified atom stereocenters. The van der Waals surface area contributed by atoms with Crippen molar-refractivity contribution < 1.29 is 14.3 Å². The van der Waals surface area contributed by atoms with Crippen LogP contribution in [0.15, 0.2) is 34.9 Å². The minimum absolute atomic E-state index is 0.366. The van der Waals surface area contributed by atoms with E-state index in [1.54, 1.807) is 4.68 Å². The van der Waals surface area contributed by atoms with Crippen molar-refractivity contribution in [2.75, 3.05) is 0 Å². The van der Waals surface area contributed by atoms with Gasteiger partial charge >= 0.3 is 0 Å². The van der Waals surface area contributed by atoms with Gasteiger partial charge in [-0.15, -0.1) is 0 Å². The summed E-state index contributed by atoms with van der Waals surface area (Å²) < 4.78 is 6.47. The van der Waals surface area contributed by atoms with Crippen LogP contribution in [0.4, 0.5) is 0 Å². The van der Waals surface area contributed by atoms with Crippen molar-refractivity contribution in [2.45, 2.75) is 25.8 Å². The van der Waals surface area contributed by atoms with Crippen LogP contribution < -0.4 is 9.79 Å². The summed E-state index contributed by atoms with van der Waals surface area (Å²) in [5, 5.41) is 15.5. The third-order valence-electron chi connectivity index (χ3n) is 2.35. The zero-order valence-corrected chi connectivity index (χ0v) is 11.3. The minimum Gasteiger partial charge on any atom is -0.539 e. The summed E-state index contributed by atoms with van der Waals surface area (Å²) in [7, 11) is -1.35. The molecular formula is C12H16N2O2Si. The first-order chi connectivity index (χ1) is 7.97. The Morgan fingerprint density at radius 2 is 1.88 bits per heavy atom. The van der Waals surface area contributed by atoms with Gasteiger partial charge in [-0.2, -0.15) is 0 Å². The molecule has 0 radical (unpaired) electrons. The fourth-order valence-electron chi connectivity index (χ4n) is 1.70. The van der Waals surface area contributed by atoms with Gasteiger partial charge in [0.1, 0.15) is 8.07 Å². The van der Waals surface area contributed by atoms with Crippen molar-refractivity contribution >= 4 is 8.07 Å². The lowest BCUT2D eigenvalue weighted by Crippen LogP contribution is -2.48. The van der Waals surface area contributed by atoms with Crippen molar-refractivity contribution in [1.29, 1.82) is 0 Å². The highest BCUT2D eigenvalue weighted by Gasteiger charge is 2.27. The van der Waals surface area contributed by atoms with E-state index in [2.05, 4.69) is 24.9 Å². The second-order valence-corrected chi connectivity index (χ2v) is 10.7. The van der Waals surface area contributed by atoms with Crippen molar-refractivity contribution in [2.24, 2.45) is 0 Å². The van der Waals surface area contributed by atoms with Gasteiger partial charge in [-0.3, -0.25) is 0 Å². The summed E-state index contributed by atoms with van der Waals surface area (Å²) >= 11 is 0. The predicted octanol–water partition coefficient (Wildman–Crippen LogP) is 1.58. The molecule has 1 aromatic carbocycles. The van der Waals surface area contributed by atoms with Gasteiger partial charge in [0.2, 0.25) is 0 Å². The van der Waals surface area contributed by atoms with Crippen LogP contribution in [0.2, 0.25) is 19.6 Å². The Morgan fingerprint density at radius 1 is 1.24 bits per heavy atom. The van der Waals surface area contributed by atoms with Crippen molar-refractivity contribution in [3.63, 3.8) is 0 Å². The van der Waals surface area contributed by atoms with Crippen molar-refractivity contribution in [3.05, 3.63) is 30.3 Å². The van der Waals surface area contributed by atoms with E-state index in [9.17, 15) is 5.11 Å². The van der Waals surface area contributed by atoms with E-state index >= 15 is 0 Å². The van der Waals surface area contributed by atoms with E-state index in [0.29, 0.717) is 5.69 Å². The lowest BCUT2D eigenvalue weighted by Gasteiger charge is -2.09. The Balaban J connectivity index is 2.44. The lowest BCUT2D eigenvalue weighted by atomic mass is 10.2. The van der Waals surface area contributed by atoms with E-state index in [4.69, 9.17) is 4.52 Å². The first kappa shape index (κ1) is 11.9. The SMILES string of the molecule is C[Si](C)(C)C[n+]1noc([O-])c1-c1ccccc1. The topological polar surface area (TPSA) is 53.0 Å². The van der Waals surface area contributed by atoms with E-state index in [0.717, 1.165) is 11.7 Å². The van der Waals surface area contributed by atoms with Crippen LogP contribution in [0.25, 0.3) is 11.3 Å². The largest absolute Gasteiger partial charge is 0.539 e. The molecule has 0 aliphatic carbocycles. The van der Waals surface area contributed by atoms with Gasteiger partial charge in [-0.05, 0) is 12.1 Å².